The first-order valence-electron chi connectivity index (χ1n) is 10.5. The summed E-state index contributed by atoms with van der Waals surface area (Å²) in [7, 11) is 1.61. The molecule has 5 rings (SSSR count). The van der Waals surface area contributed by atoms with Crippen molar-refractivity contribution in [3.63, 3.8) is 0 Å². The van der Waals surface area contributed by atoms with Crippen LogP contribution in [0.1, 0.15) is 23.8 Å². The lowest BCUT2D eigenvalue weighted by Gasteiger charge is -2.19. The predicted octanol–water partition coefficient (Wildman–Crippen LogP) is 4.48. The molecule has 10 heteroatoms. The molecule has 1 amide bonds. The molecule has 1 aliphatic heterocycles. The van der Waals surface area contributed by atoms with Gasteiger partial charge < -0.3 is 9.15 Å². The van der Waals surface area contributed by atoms with Crippen molar-refractivity contribution in [3.8, 4) is 11.4 Å². The van der Waals surface area contributed by atoms with Crippen molar-refractivity contribution in [3.05, 3.63) is 90.4 Å². The van der Waals surface area contributed by atoms with Gasteiger partial charge in [-0.2, -0.15) is 5.10 Å². The third-order valence-corrected chi connectivity index (χ3v) is 6.34. The monoisotopic (exact) mass is 477 g/mol. The Bertz CT molecular complexity index is 1320. The van der Waals surface area contributed by atoms with Crippen LogP contribution in [0.5, 0.6) is 5.75 Å². The number of carbonyl (C=O) groups is 1. The summed E-state index contributed by atoms with van der Waals surface area (Å²) >= 11 is 1.17. The minimum absolute atomic E-state index is 0.0454. The molecule has 0 saturated carbocycles. The molecule has 0 spiro atoms. The Labute approximate surface area is 199 Å². The maximum absolute atomic E-state index is 14.2. The van der Waals surface area contributed by atoms with Crippen molar-refractivity contribution >= 4 is 23.4 Å². The number of carbonyl (C=O) groups excluding carboxylic acids is 1. The zero-order chi connectivity index (χ0) is 23.5. The van der Waals surface area contributed by atoms with Crippen molar-refractivity contribution < 1.29 is 18.3 Å². The van der Waals surface area contributed by atoms with Gasteiger partial charge in [-0.1, -0.05) is 23.9 Å². The number of methoxy groups -OCH3 is 1. The minimum atomic E-state index is -0.401. The largest absolute Gasteiger partial charge is 0.497 e. The number of aromatic nitrogens is 3. The normalized spacial score (nSPS) is 15.4. The van der Waals surface area contributed by atoms with E-state index in [1.54, 1.807) is 37.6 Å². The smallest absolute Gasteiger partial charge is 0.253 e. The zero-order valence-electron chi connectivity index (χ0n) is 18.2. The first-order chi connectivity index (χ1) is 16.6. The van der Waals surface area contributed by atoms with Gasteiger partial charge in [0.15, 0.2) is 5.16 Å². The second-order valence-corrected chi connectivity index (χ2v) is 8.41. The molecule has 2 aromatic carbocycles. The number of furan rings is 1. The number of nitrogens with zero attached hydrogens (tertiary/aromatic N) is 5. The third-order valence-electron chi connectivity index (χ3n) is 5.41. The van der Waals surface area contributed by atoms with Crippen LogP contribution in [0.15, 0.2) is 87.9 Å². The Kier molecular flexibility index (Phi) is 6.13. The van der Waals surface area contributed by atoms with Crippen molar-refractivity contribution in [1.82, 2.24) is 19.8 Å². The molecule has 1 atom stereocenters. The number of thioether (sulfide) groups is 1. The maximum atomic E-state index is 14.2. The second-order valence-electron chi connectivity index (χ2n) is 7.47. The van der Waals surface area contributed by atoms with E-state index in [4.69, 9.17) is 9.15 Å². The Hall–Kier alpha value is -3.92. The molecular weight excluding hydrogens is 457 g/mol. The summed E-state index contributed by atoms with van der Waals surface area (Å²) in [6.45, 7) is 0. The van der Waals surface area contributed by atoms with Gasteiger partial charge in [-0.05, 0) is 54.1 Å². The van der Waals surface area contributed by atoms with Gasteiger partial charge in [0.1, 0.15) is 29.7 Å². The van der Waals surface area contributed by atoms with Crippen LogP contribution in [0.25, 0.3) is 5.69 Å². The van der Waals surface area contributed by atoms with Gasteiger partial charge >= 0.3 is 0 Å². The van der Waals surface area contributed by atoms with Crippen LogP contribution in [0.2, 0.25) is 0 Å². The average Bonchev–Trinajstić information content (AvgIpc) is 3.63. The van der Waals surface area contributed by atoms with E-state index in [1.807, 2.05) is 30.3 Å². The number of halogens is 1. The summed E-state index contributed by atoms with van der Waals surface area (Å²) in [5, 5.41) is 14.4. The number of rotatable bonds is 7. The first-order valence-corrected chi connectivity index (χ1v) is 11.5. The van der Waals surface area contributed by atoms with Gasteiger partial charge in [0, 0.05) is 6.42 Å². The van der Waals surface area contributed by atoms with Crippen LogP contribution < -0.4 is 4.74 Å². The predicted molar refractivity (Wildman–Crippen MR) is 124 cm³/mol. The van der Waals surface area contributed by atoms with Gasteiger partial charge in [0.2, 0.25) is 0 Å². The van der Waals surface area contributed by atoms with Crippen LogP contribution >= 0.6 is 11.8 Å². The molecule has 1 unspecified atom stereocenters. The van der Waals surface area contributed by atoms with Gasteiger partial charge in [-0.3, -0.25) is 9.36 Å². The number of hydrogen-bond donors (Lipinski definition) is 0. The molecule has 3 heterocycles. The molecule has 0 bridgehead atoms. The van der Waals surface area contributed by atoms with Crippen LogP contribution in [0.4, 0.5) is 4.39 Å². The fourth-order valence-corrected chi connectivity index (χ4v) is 4.50. The molecule has 2 aromatic heterocycles. The average molecular weight is 478 g/mol. The Balaban J connectivity index is 1.36. The van der Waals surface area contributed by atoms with Crippen LogP contribution in [-0.2, 0) is 4.79 Å². The van der Waals surface area contributed by atoms with E-state index < -0.39 is 5.82 Å². The molecule has 0 fully saturated rings. The maximum Gasteiger partial charge on any atom is 0.253 e. The highest BCUT2D eigenvalue weighted by molar-refractivity contribution is 7.99. The molecule has 0 N–H and O–H groups in total. The number of ether oxygens (including phenoxy) is 1. The summed E-state index contributed by atoms with van der Waals surface area (Å²) in [6.07, 6.45) is 3.52. The second kappa shape index (κ2) is 9.52. The van der Waals surface area contributed by atoms with E-state index in [0.29, 0.717) is 23.0 Å². The summed E-state index contributed by atoms with van der Waals surface area (Å²) < 4.78 is 26.6. The van der Waals surface area contributed by atoms with Crippen molar-refractivity contribution in [2.45, 2.75) is 17.6 Å². The summed E-state index contributed by atoms with van der Waals surface area (Å²) in [6, 6.07) is 17.1. The lowest BCUT2D eigenvalue weighted by molar-refractivity contribution is -0.130. The van der Waals surface area contributed by atoms with Gasteiger partial charge in [0.05, 0.1) is 30.5 Å². The van der Waals surface area contributed by atoms with E-state index >= 15 is 0 Å². The van der Waals surface area contributed by atoms with Crippen molar-refractivity contribution in [1.29, 1.82) is 0 Å². The fraction of sp³-hybridized carbons (Fsp3) is 0.167. The van der Waals surface area contributed by atoms with E-state index in [9.17, 15) is 9.18 Å². The van der Waals surface area contributed by atoms with E-state index in [2.05, 4.69) is 15.3 Å². The number of hydrogen-bond acceptors (Lipinski definition) is 7. The quantitative estimate of drug-likeness (QED) is 0.365. The zero-order valence-corrected chi connectivity index (χ0v) is 19.0. The molecule has 0 aliphatic carbocycles. The highest BCUT2D eigenvalue weighted by Crippen LogP contribution is 2.34. The Morgan fingerprint density at radius 2 is 2.00 bits per heavy atom. The standard InChI is InChI=1S/C24H20FN5O3S/c1-32-17-10-8-16(9-11-17)19-13-21(22-7-4-12-33-22)30(28-19)23(31)14-34-24-27-26-15-29(24)20-6-3-2-5-18(20)25/h2-12,15,21H,13-14H2,1H3. The van der Waals surface area contributed by atoms with Crippen molar-refractivity contribution in [2.75, 3.05) is 12.9 Å². The minimum Gasteiger partial charge on any atom is -0.497 e. The Morgan fingerprint density at radius 3 is 2.74 bits per heavy atom. The lowest BCUT2D eigenvalue weighted by Crippen LogP contribution is -2.28. The van der Waals surface area contributed by atoms with E-state index in [1.165, 1.54) is 33.7 Å². The van der Waals surface area contributed by atoms with Gasteiger partial charge in [0.25, 0.3) is 5.91 Å². The number of amides is 1. The number of para-hydroxylation sites is 1. The summed E-state index contributed by atoms with van der Waals surface area (Å²) in [5.74, 6) is 0.817. The molecule has 4 aromatic rings. The molecule has 172 valence electrons. The topological polar surface area (TPSA) is 85.8 Å². The van der Waals surface area contributed by atoms with Crippen LogP contribution in [0, 0.1) is 5.82 Å². The molecule has 0 radical (unpaired) electrons. The van der Waals surface area contributed by atoms with Crippen molar-refractivity contribution in [2.24, 2.45) is 5.10 Å². The number of hydrazone groups is 1. The lowest BCUT2D eigenvalue weighted by atomic mass is 10.0. The summed E-state index contributed by atoms with van der Waals surface area (Å²) in [4.78, 5) is 13.2. The molecule has 0 saturated heterocycles. The molecule has 8 nitrogen and oxygen atoms in total. The summed E-state index contributed by atoms with van der Waals surface area (Å²) in [5.41, 5.74) is 1.99. The highest BCUT2D eigenvalue weighted by Gasteiger charge is 2.35. The Morgan fingerprint density at radius 1 is 1.18 bits per heavy atom. The van der Waals surface area contributed by atoms with Crippen LogP contribution in [0.3, 0.4) is 0 Å². The van der Waals surface area contributed by atoms with Gasteiger partial charge in [-0.15, -0.1) is 10.2 Å². The highest BCUT2D eigenvalue weighted by atomic mass is 32.2. The molecule has 1 aliphatic rings. The molecule has 34 heavy (non-hydrogen) atoms. The van der Waals surface area contributed by atoms with E-state index in [0.717, 1.165) is 17.0 Å². The first kappa shape index (κ1) is 21.9. The van der Waals surface area contributed by atoms with Gasteiger partial charge in [-0.25, -0.2) is 9.40 Å². The SMILES string of the molecule is COc1ccc(C2=NN(C(=O)CSc3nncn3-c3ccccc3F)C(c3ccco3)C2)cc1. The number of benzene rings is 2. The van der Waals surface area contributed by atoms with Crippen LogP contribution in [-0.4, -0.2) is 44.3 Å². The third kappa shape index (κ3) is 4.32. The molecular formula is C24H20FN5O3S. The van der Waals surface area contributed by atoms with E-state index in [-0.39, 0.29) is 17.7 Å². The fourth-order valence-electron chi connectivity index (χ4n) is 3.73.